The van der Waals surface area contributed by atoms with Gasteiger partial charge in [0, 0.05) is 38.3 Å². The maximum absolute atomic E-state index is 14.0. The molecule has 0 aliphatic carbocycles. The number of aromatic nitrogens is 1. The molecule has 2 heterocycles. The number of aliphatic hydroxyl groups excluding tert-OH is 1. The molecule has 250 valence electrons. The van der Waals surface area contributed by atoms with Gasteiger partial charge in [-0.05, 0) is 61.7 Å². The minimum absolute atomic E-state index is 0.0109. The molecule has 4 rings (SSSR count). The number of pyridine rings is 1. The van der Waals surface area contributed by atoms with Crippen LogP contribution in [0.1, 0.15) is 43.0 Å². The van der Waals surface area contributed by atoms with Gasteiger partial charge in [0.15, 0.2) is 0 Å². The molecule has 1 aliphatic heterocycles. The molecule has 0 radical (unpaired) electrons. The van der Waals surface area contributed by atoms with Crippen molar-refractivity contribution >= 4 is 27.4 Å². The Hall–Kier alpha value is -3.69. The van der Waals surface area contributed by atoms with Gasteiger partial charge in [-0.3, -0.25) is 4.79 Å². The van der Waals surface area contributed by atoms with Crippen LogP contribution in [-0.4, -0.2) is 67.7 Å². The molecule has 1 fully saturated rings. The van der Waals surface area contributed by atoms with Crippen molar-refractivity contribution in [2.24, 2.45) is 0 Å². The number of rotatable bonds is 7. The lowest BCUT2D eigenvalue weighted by Gasteiger charge is -2.39. The standard InChI is InChI=1S/C31H34F6N4O4S/c1-19-17-40(10-11-41(19)46(5,44)45)27-15-25(24-9-7-6-8-20(24)18-42)26(16-38-27)39(4)28(43)29(2,3)21-12-22(30(32,33)34)14-23(13-21)31(35,36)37/h6-9,12-16,19,42H,10-11,17-18H2,1-5H3. The highest BCUT2D eigenvalue weighted by Crippen LogP contribution is 2.41. The number of hydrogen-bond donors (Lipinski definition) is 1. The number of aliphatic hydroxyl groups is 1. The van der Waals surface area contributed by atoms with Crippen LogP contribution in [0.4, 0.5) is 37.8 Å². The predicted molar refractivity (Wildman–Crippen MR) is 162 cm³/mol. The lowest BCUT2D eigenvalue weighted by molar-refractivity contribution is -0.143. The minimum atomic E-state index is -5.09. The molecule has 1 aliphatic rings. The molecule has 0 bridgehead atoms. The molecule has 1 amide bonds. The van der Waals surface area contributed by atoms with Gasteiger partial charge in [-0.15, -0.1) is 0 Å². The molecule has 8 nitrogen and oxygen atoms in total. The second kappa shape index (κ2) is 12.5. The van der Waals surface area contributed by atoms with Crippen molar-refractivity contribution in [2.75, 3.05) is 42.7 Å². The van der Waals surface area contributed by atoms with E-state index in [4.69, 9.17) is 0 Å². The van der Waals surface area contributed by atoms with Crippen LogP contribution in [0, 0.1) is 0 Å². The van der Waals surface area contributed by atoms with Crippen LogP contribution in [0.2, 0.25) is 0 Å². The van der Waals surface area contributed by atoms with Crippen LogP contribution in [0.5, 0.6) is 0 Å². The van der Waals surface area contributed by atoms with Gasteiger partial charge >= 0.3 is 12.4 Å². The fraction of sp³-hybridized carbons (Fsp3) is 0.419. The van der Waals surface area contributed by atoms with Crippen LogP contribution in [-0.2, 0) is 39.2 Å². The summed E-state index contributed by atoms with van der Waals surface area (Å²) in [4.78, 5) is 21.5. The zero-order chi connectivity index (χ0) is 34.4. The Balaban J connectivity index is 1.80. The molecule has 15 heteroatoms. The van der Waals surface area contributed by atoms with E-state index in [1.54, 1.807) is 37.3 Å². The number of benzene rings is 2. The highest BCUT2D eigenvalue weighted by atomic mass is 32.2. The zero-order valence-corrected chi connectivity index (χ0v) is 26.6. The quantitative estimate of drug-likeness (QED) is 0.325. The van der Waals surface area contributed by atoms with Gasteiger partial charge in [-0.25, -0.2) is 13.4 Å². The monoisotopic (exact) mass is 672 g/mol. The van der Waals surface area contributed by atoms with Gasteiger partial charge < -0.3 is 14.9 Å². The molecule has 1 aromatic heterocycles. The normalized spacial score (nSPS) is 16.9. The summed E-state index contributed by atoms with van der Waals surface area (Å²) >= 11 is 0. The fourth-order valence-corrected chi connectivity index (χ4v) is 6.76. The number of halogens is 6. The molecule has 1 N–H and O–H groups in total. The number of carbonyl (C=O) groups excluding carboxylic acids is 1. The first-order valence-corrected chi connectivity index (χ1v) is 16.0. The molecule has 1 unspecified atom stereocenters. The van der Waals surface area contributed by atoms with Crippen molar-refractivity contribution in [3.8, 4) is 11.1 Å². The summed E-state index contributed by atoms with van der Waals surface area (Å²) in [7, 11) is -2.09. The van der Waals surface area contributed by atoms with Crippen molar-refractivity contribution < 1.29 is 44.7 Å². The van der Waals surface area contributed by atoms with Gasteiger partial charge in [0.2, 0.25) is 15.9 Å². The number of carbonyl (C=O) groups is 1. The maximum Gasteiger partial charge on any atom is 0.416 e. The van der Waals surface area contributed by atoms with Crippen LogP contribution in [0.25, 0.3) is 11.1 Å². The molecule has 2 aromatic carbocycles. The third-order valence-electron chi connectivity index (χ3n) is 8.17. The second-order valence-corrected chi connectivity index (χ2v) is 13.8. The Morgan fingerprint density at radius 2 is 1.52 bits per heavy atom. The maximum atomic E-state index is 14.0. The SMILES string of the molecule is CC1CN(c2cc(-c3ccccc3CO)c(N(C)C(=O)C(C)(C)c3cc(C(F)(F)F)cc(C(F)(F)F)c3)cn2)CCN1S(C)(=O)=O. The molecular formula is C31H34F6N4O4S. The number of anilines is 2. The van der Waals surface area contributed by atoms with E-state index >= 15 is 0 Å². The molecule has 3 aromatic rings. The van der Waals surface area contributed by atoms with E-state index in [1.807, 2.05) is 4.90 Å². The summed E-state index contributed by atoms with van der Waals surface area (Å²) < 4.78 is 107. The van der Waals surface area contributed by atoms with E-state index in [-0.39, 0.29) is 30.9 Å². The summed E-state index contributed by atoms with van der Waals surface area (Å²) in [6, 6.07) is 9.15. The van der Waals surface area contributed by atoms with Gasteiger partial charge in [0.1, 0.15) is 5.82 Å². The van der Waals surface area contributed by atoms with Crippen molar-refractivity contribution in [2.45, 2.75) is 51.2 Å². The van der Waals surface area contributed by atoms with Crippen LogP contribution in [0.15, 0.2) is 54.7 Å². The average molecular weight is 673 g/mol. The highest BCUT2D eigenvalue weighted by Gasteiger charge is 2.41. The summed E-state index contributed by atoms with van der Waals surface area (Å²) in [6.07, 6.45) is -7.68. The second-order valence-electron chi connectivity index (χ2n) is 11.8. The highest BCUT2D eigenvalue weighted by molar-refractivity contribution is 7.88. The number of sulfonamides is 1. The van der Waals surface area contributed by atoms with Crippen LogP contribution in [0.3, 0.4) is 0 Å². The summed E-state index contributed by atoms with van der Waals surface area (Å²) in [5.74, 6) is -0.369. The number of nitrogens with zero attached hydrogens (tertiary/aromatic N) is 4. The Morgan fingerprint density at radius 1 is 0.957 bits per heavy atom. The van der Waals surface area contributed by atoms with Crippen LogP contribution >= 0.6 is 0 Å². The Kier molecular flexibility index (Phi) is 9.55. The number of likely N-dealkylation sites (N-methyl/N-ethyl adjacent to an activating group) is 1. The van der Waals surface area contributed by atoms with Crippen molar-refractivity contribution in [1.82, 2.24) is 9.29 Å². The van der Waals surface area contributed by atoms with Gasteiger partial charge in [-0.2, -0.15) is 30.6 Å². The topological polar surface area (TPSA) is 94.1 Å². The zero-order valence-electron chi connectivity index (χ0n) is 25.7. The molecular weight excluding hydrogens is 638 g/mol. The van der Waals surface area contributed by atoms with Gasteiger partial charge in [0.25, 0.3) is 0 Å². The molecule has 1 atom stereocenters. The van der Waals surface area contributed by atoms with E-state index in [0.717, 1.165) is 11.2 Å². The van der Waals surface area contributed by atoms with E-state index in [9.17, 15) is 44.7 Å². The summed E-state index contributed by atoms with van der Waals surface area (Å²) in [6.45, 7) is 4.69. The Morgan fingerprint density at radius 3 is 2.04 bits per heavy atom. The molecule has 46 heavy (non-hydrogen) atoms. The molecule has 1 saturated heterocycles. The van der Waals surface area contributed by atoms with Crippen molar-refractivity contribution in [3.63, 3.8) is 0 Å². The van der Waals surface area contributed by atoms with E-state index in [0.29, 0.717) is 47.7 Å². The third kappa shape index (κ3) is 7.15. The number of piperazine rings is 1. The lowest BCUT2D eigenvalue weighted by atomic mass is 9.81. The molecule has 0 saturated carbocycles. The fourth-order valence-electron chi connectivity index (χ4n) is 5.62. The first-order chi connectivity index (χ1) is 21.2. The summed E-state index contributed by atoms with van der Waals surface area (Å²) in [5.41, 5.74) is -3.80. The average Bonchev–Trinajstić information content (AvgIpc) is 2.98. The summed E-state index contributed by atoms with van der Waals surface area (Å²) in [5, 5.41) is 10.1. The lowest BCUT2D eigenvalue weighted by Crippen LogP contribution is -2.53. The van der Waals surface area contributed by atoms with E-state index in [2.05, 4.69) is 4.98 Å². The Labute approximate surface area is 263 Å². The smallest absolute Gasteiger partial charge is 0.392 e. The largest absolute Gasteiger partial charge is 0.416 e. The predicted octanol–water partition coefficient (Wildman–Crippen LogP) is 5.69. The third-order valence-corrected chi connectivity index (χ3v) is 9.57. The first kappa shape index (κ1) is 35.2. The van der Waals surface area contributed by atoms with E-state index in [1.165, 1.54) is 31.4 Å². The first-order valence-electron chi connectivity index (χ1n) is 14.1. The Bertz CT molecular complexity index is 1690. The number of alkyl halides is 6. The number of hydrogen-bond acceptors (Lipinski definition) is 6. The minimum Gasteiger partial charge on any atom is -0.392 e. The van der Waals surface area contributed by atoms with Gasteiger partial charge in [0.05, 0.1) is 41.3 Å². The van der Waals surface area contributed by atoms with Gasteiger partial charge in [-0.1, -0.05) is 24.3 Å². The van der Waals surface area contributed by atoms with E-state index < -0.39 is 50.4 Å². The van der Waals surface area contributed by atoms with Crippen molar-refractivity contribution in [3.05, 3.63) is 77.0 Å². The molecule has 0 spiro atoms. The van der Waals surface area contributed by atoms with Crippen LogP contribution < -0.4 is 9.80 Å². The number of amides is 1. The van der Waals surface area contributed by atoms with Crippen molar-refractivity contribution in [1.29, 1.82) is 0 Å².